The van der Waals surface area contributed by atoms with Crippen LogP contribution in [-0.2, 0) is 14.0 Å². The molecule has 0 aliphatic carbocycles. The number of benzene rings is 1. The van der Waals surface area contributed by atoms with Gasteiger partial charge in [0.25, 0.3) is 0 Å². The van der Waals surface area contributed by atoms with E-state index in [0.29, 0.717) is 35.7 Å². The van der Waals surface area contributed by atoms with E-state index in [1.807, 2.05) is 48.5 Å². The zero-order valence-corrected chi connectivity index (χ0v) is 19.1. The van der Waals surface area contributed by atoms with Crippen LogP contribution in [0, 0.1) is 0 Å². The third kappa shape index (κ3) is 5.74. The second-order valence-electron chi connectivity index (χ2n) is 9.23. The van der Waals surface area contributed by atoms with Crippen LogP contribution in [0.5, 0.6) is 11.5 Å². The van der Waals surface area contributed by atoms with Crippen molar-refractivity contribution < 1.29 is 27.9 Å². The molecule has 0 aromatic heterocycles. The molecule has 0 saturated carbocycles. The Labute approximate surface area is 174 Å². The van der Waals surface area contributed by atoms with Gasteiger partial charge in [0, 0.05) is 6.07 Å². The molecule has 0 radical (unpaired) electrons. The first-order chi connectivity index (χ1) is 13.3. The summed E-state index contributed by atoms with van der Waals surface area (Å²) in [5, 5.41) is 0. The molecule has 0 unspecified atom stereocenters. The molecule has 1 aliphatic rings. The first-order valence-electron chi connectivity index (χ1n) is 9.91. The van der Waals surface area contributed by atoms with Gasteiger partial charge < -0.3 is 23.5 Å². The fourth-order valence-electron chi connectivity index (χ4n) is 2.93. The van der Waals surface area contributed by atoms with Gasteiger partial charge in [0.15, 0.2) is 0 Å². The monoisotopic (exact) mass is 408 g/mol. The minimum absolute atomic E-state index is 0.321. The van der Waals surface area contributed by atoms with Gasteiger partial charge in [-0.2, -0.15) is 0 Å². The van der Waals surface area contributed by atoms with Gasteiger partial charge in [-0.15, -0.1) is 0 Å². The first-order valence-corrected chi connectivity index (χ1v) is 9.91. The quantitative estimate of drug-likeness (QED) is 0.579. The summed E-state index contributed by atoms with van der Waals surface area (Å²) in [6.45, 7) is 13.9. The summed E-state index contributed by atoms with van der Waals surface area (Å²) in [6, 6.07) is 5.30. The van der Waals surface area contributed by atoms with Crippen LogP contribution in [0.3, 0.4) is 0 Å². The predicted molar refractivity (Wildman–Crippen MR) is 114 cm³/mol. The molecule has 0 atom stereocenters. The van der Waals surface area contributed by atoms with Crippen molar-refractivity contribution in [1.82, 2.24) is 0 Å². The maximum absolute atomic E-state index is 15.7. The van der Waals surface area contributed by atoms with E-state index in [1.54, 1.807) is 32.4 Å². The highest BCUT2D eigenvalue weighted by atomic mass is 19.1. The van der Waals surface area contributed by atoms with Crippen LogP contribution in [0.2, 0.25) is 0 Å². The molecule has 1 aromatic carbocycles. The third-order valence-electron chi connectivity index (χ3n) is 5.34. The Balaban J connectivity index is 2.46. The summed E-state index contributed by atoms with van der Waals surface area (Å²) in [4.78, 5) is 0. The zero-order valence-electron chi connectivity index (χ0n) is 19.1. The molecule has 1 saturated heterocycles. The zero-order chi connectivity index (χ0) is 22.0. The highest BCUT2D eigenvalue weighted by Crippen LogP contribution is 2.41. The van der Waals surface area contributed by atoms with Crippen molar-refractivity contribution in [2.24, 2.45) is 0 Å². The molecule has 1 heterocycles. The van der Waals surface area contributed by atoms with Crippen molar-refractivity contribution in [3.8, 4) is 11.5 Å². The van der Waals surface area contributed by atoms with Crippen LogP contribution in [0.15, 0.2) is 23.9 Å². The minimum Gasteiger partial charge on any atom is -0.497 e. The lowest BCUT2D eigenvalue weighted by Crippen LogP contribution is -2.41. The van der Waals surface area contributed by atoms with Gasteiger partial charge in [-0.3, -0.25) is 0 Å². The van der Waals surface area contributed by atoms with Crippen molar-refractivity contribution in [2.75, 3.05) is 20.8 Å². The highest BCUT2D eigenvalue weighted by Gasteiger charge is 2.53. The molecule has 1 aliphatic heterocycles. The largest absolute Gasteiger partial charge is 0.525 e. The predicted octanol–water partition coefficient (Wildman–Crippen LogP) is 5.22. The first kappa shape index (κ1) is 23.7. The number of halogens is 1. The van der Waals surface area contributed by atoms with Gasteiger partial charge in [-0.05, 0) is 78.2 Å². The maximum Gasteiger partial charge on any atom is 0.525 e. The molecule has 7 heteroatoms. The number of ether oxygens (including phenoxy) is 3. The van der Waals surface area contributed by atoms with Crippen molar-refractivity contribution in [3.63, 3.8) is 0 Å². The van der Waals surface area contributed by atoms with E-state index in [2.05, 4.69) is 0 Å². The lowest BCUT2D eigenvalue weighted by Gasteiger charge is -2.32. The molecule has 5 nitrogen and oxygen atoms in total. The Bertz CT molecular complexity index is 714. The number of hydrogen-bond donors (Lipinski definition) is 0. The molecule has 2 rings (SSSR count). The Morgan fingerprint density at radius 1 is 0.966 bits per heavy atom. The Morgan fingerprint density at radius 3 is 1.86 bits per heavy atom. The smallest absolute Gasteiger partial charge is 0.497 e. The SMILES string of the molecule is COc1cc(OC)cc(C(CCOC(C)(C)C)=C(F)B2OC(C)(C)C(C)(C)O2)c1. The summed E-state index contributed by atoms with van der Waals surface area (Å²) in [5.41, 5.74) is -0.951. The maximum atomic E-state index is 15.7. The van der Waals surface area contributed by atoms with Crippen molar-refractivity contribution in [1.29, 1.82) is 0 Å². The van der Waals surface area contributed by atoms with Gasteiger partial charge in [0.2, 0.25) is 0 Å². The van der Waals surface area contributed by atoms with Gasteiger partial charge in [-0.1, -0.05) is 0 Å². The Kier molecular flexibility index (Phi) is 7.08. The van der Waals surface area contributed by atoms with Crippen molar-refractivity contribution >= 4 is 12.7 Å². The van der Waals surface area contributed by atoms with Gasteiger partial charge >= 0.3 is 7.12 Å². The van der Waals surface area contributed by atoms with Crippen molar-refractivity contribution in [2.45, 2.75) is 71.7 Å². The summed E-state index contributed by atoms with van der Waals surface area (Å²) in [7, 11) is 2.05. The fraction of sp³-hybridized carbons (Fsp3) is 0.636. The molecule has 1 fully saturated rings. The van der Waals surface area contributed by atoms with Gasteiger partial charge in [0.05, 0.1) is 37.6 Å². The summed E-state index contributed by atoms with van der Waals surface area (Å²) in [5.74, 6) is 1.16. The lowest BCUT2D eigenvalue weighted by molar-refractivity contribution is 0.000560. The van der Waals surface area contributed by atoms with Crippen LogP contribution in [0.1, 0.15) is 60.5 Å². The topological polar surface area (TPSA) is 46.2 Å². The molecule has 29 heavy (non-hydrogen) atoms. The van der Waals surface area contributed by atoms with E-state index in [1.165, 1.54) is 0 Å². The second kappa shape index (κ2) is 8.66. The van der Waals surface area contributed by atoms with E-state index in [0.717, 1.165) is 0 Å². The van der Waals surface area contributed by atoms with E-state index < -0.39 is 24.0 Å². The molecular formula is C22H34BFO5. The molecule has 0 N–H and O–H groups in total. The summed E-state index contributed by atoms with van der Waals surface area (Å²) < 4.78 is 44.2. The van der Waals surface area contributed by atoms with Crippen LogP contribution >= 0.6 is 0 Å². The molecule has 0 bridgehead atoms. The van der Waals surface area contributed by atoms with Gasteiger partial charge in [0.1, 0.15) is 17.2 Å². The molecular weight excluding hydrogens is 374 g/mol. The Morgan fingerprint density at radius 2 is 1.45 bits per heavy atom. The Hall–Kier alpha value is -1.57. The third-order valence-corrected chi connectivity index (χ3v) is 5.34. The van der Waals surface area contributed by atoms with Crippen LogP contribution in [-0.4, -0.2) is 44.7 Å². The molecule has 162 valence electrons. The highest BCUT2D eigenvalue weighted by molar-refractivity contribution is 6.55. The van der Waals surface area contributed by atoms with E-state index in [4.69, 9.17) is 23.5 Å². The normalized spacial score (nSPS) is 19.2. The van der Waals surface area contributed by atoms with Crippen molar-refractivity contribution in [3.05, 3.63) is 29.5 Å². The number of hydrogen-bond acceptors (Lipinski definition) is 5. The van der Waals surface area contributed by atoms with E-state index in [-0.39, 0.29) is 5.60 Å². The second-order valence-corrected chi connectivity index (χ2v) is 9.23. The van der Waals surface area contributed by atoms with Crippen LogP contribution in [0.25, 0.3) is 5.57 Å². The van der Waals surface area contributed by atoms with Gasteiger partial charge in [-0.25, -0.2) is 4.39 Å². The van der Waals surface area contributed by atoms with Crippen LogP contribution < -0.4 is 9.47 Å². The summed E-state index contributed by atoms with van der Waals surface area (Å²) in [6.07, 6.45) is 0.351. The van der Waals surface area contributed by atoms with E-state index >= 15 is 4.39 Å². The average Bonchev–Trinajstić information content (AvgIpc) is 2.84. The fourth-order valence-corrected chi connectivity index (χ4v) is 2.93. The number of methoxy groups -OCH3 is 2. The molecule has 1 aromatic rings. The molecule has 0 spiro atoms. The average molecular weight is 408 g/mol. The number of rotatable bonds is 7. The minimum atomic E-state index is -1.08. The van der Waals surface area contributed by atoms with Crippen LogP contribution in [0.4, 0.5) is 4.39 Å². The standard InChI is InChI=1S/C22H34BFO5/c1-20(2,3)27-11-10-18(15-12-16(25-8)14-17(13-15)26-9)19(24)23-28-21(4,5)22(6,7)29-23/h12-14H,10-11H2,1-9H3. The molecule has 0 amide bonds. The van der Waals surface area contributed by atoms with E-state index in [9.17, 15) is 0 Å². The lowest BCUT2D eigenvalue weighted by atomic mass is 9.81. The summed E-state index contributed by atoms with van der Waals surface area (Å²) >= 11 is 0.